The minimum absolute atomic E-state index is 0.00615. The van der Waals surface area contributed by atoms with E-state index in [1.165, 1.54) is 10.5 Å². The van der Waals surface area contributed by atoms with Gasteiger partial charge < -0.3 is 9.73 Å². The standard InChI is InChI=1S/C28H30Cl2N4O5S/c1-19-7-12-24(13-8-19)40(37,38)34(17-20-9-14-25(29)26(30)15-20)18-23-11-10-22(39-23)16-31-33-28(36)27(35)32-21-5-3-2-4-6-21/h7-16,21H,2-6,17-18H2,1H3,(H,32,35)(H,33,36)/b31-16+. The Bertz CT molecular complexity index is 1480. The van der Waals surface area contributed by atoms with Gasteiger partial charge >= 0.3 is 11.8 Å². The van der Waals surface area contributed by atoms with Gasteiger partial charge in [0.25, 0.3) is 0 Å². The Morgan fingerprint density at radius 2 is 1.70 bits per heavy atom. The number of carbonyl (C=O) groups is 2. The maximum Gasteiger partial charge on any atom is 0.329 e. The molecule has 0 spiro atoms. The van der Waals surface area contributed by atoms with Crippen LogP contribution in [-0.2, 0) is 32.7 Å². The number of rotatable bonds is 9. The van der Waals surface area contributed by atoms with Crippen molar-refractivity contribution in [2.24, 2.45) is 5.10 Å². The lowest BCUT2D eigenvalue weighted by Gasteiger charge is -2.22. The Kier molecular flexibility index (Phi) is 10.0. The highest BCUT2D eigenvalue weighted by molar-refractivity contribution is 7.89. The number of benzene rings is 2. The van der Waals surface area contributed by atoms with Crippen molar-refractivity contribution in [1.29, 1.82) is 0 Å². The Morgan fingerprint density at radius 3 is 2.40 bits per heavy atom. The maximum absolute atomic E-state index is 13.6. The molecule has 2 amide bonds. The normalized spacial score (nSPS) is 14.5. The fourth-order valence-electron chi connectivity index (χ4n) is 4.35. The summed E-state index contributed by atoms with van der Waals surface area (Å²) in [4.78, 5) is 24.3. The summed E-state index contributed by atoms with van der Waals surface area (Å²) in [6.07, 6.45) is 6.16. The molecule has 9 nitrogen and oxygen atoms in total. The lowest BCUT2D eigenvalue weighted by Crippen LogP contribution is -2.44. The molecule has 1 heterocycles. The number of sulfonamides is 1. The molecule has 1 aliphatic rings. The van der Waals surface area contributed by atoms with Gasteiger partial charge in [0, 0.05) is 12.6 Å². The van der Waals surface area contributed by atoms with E-state index in [1.54, 1.807) is 54.6 Å². The van der Waals surface area contributed by atoms with Gasteiger partial charge in [0.05, 0.1) is 27.7 Å². The summed E-state index contributed by atoms with van der Waals surface area (Å²) in [7, 11) is -3.92. The van der Waals surface area contributed by atoms with E-state index in [0.29, 0.717) is 21.4 Å². The minimum Gasteiger partial charge on any atom is -0.459 e. The van der Waals surface area contributed by atoms with Crippen LogP contribution in [0, 0.1) is 6.92 Å². The first-order valence-corrected chi connectivity index (χ1v) is 15.0. The highest BCUT2D eigenvalue weighted by Gasteiger charge is 2.26. The highest BCUT2D eigenvalue weighted by Crippen LogP contribution is 2.26. The first kappa shape index (κ1) is 29.8. The number of nitrogens with zero attached hydrogens (tertiary/aromatic N) is 2. The average Bonchev–Trinajstić information content (AvgIpc) is 3.38. The topological polar surface area (TPSA) is 121 Å². The molecule has 212 valence electrons. The molecular formula is C28H30Cl2N4O5S. The van der Waals surface area contributed by atoms with Crippen LogP contribution in [-0.4, -0.2) is 36.8 Å². The smallest absolute Gasteiger partial charge is 0.329 e. The largest absolute Gasteiger partial charge is 0.459 e. The fraction of sp³-hybridized carbons (Fsp3) is 0.321. The number of furan rings is 1. The van der Waals surface area contributed by atoms with E-state index >= 15 is 0 Å². The van der Waals surface area contributed by atoms with Gasteiger partial charge in [-0.15, -0.1) is 0 Å². The van der Waals surface area contributed by atoms with E-state index in [9.17, 15) is 18.0 Å². The Balaban J connectivity index is 1.44. The lowest BCUT2D eigenvalue weighted by atomic mass is 9.95. The van der Waals surface area contributed by atoms with Crippen LogP contribution >= 0.6 is 23.2 Å². The summed E-state index contributed by atoms with van der Waals surface area (Å²) in [5.74, 6) is -0.988. The van der Waals surface area contributed by atoms with Crippen LogP contribution in [0.1, 0.15) is 54.8 Å². The van der Waals surface area contributed by atoms with E-state index in [-0.39, 0.29) is 29.8 Å². The van der Waals surface area contributed by atoms with Gasteiger partial charge in [-0.25, -0.2) is 13.8 Å². The molecule has 1 fully saturated rings. The van der Waals surface area contributed by atoms with Crippen molar-refractivity contribution in [2.75, 3.05) is 0 Å². The van der Waals surface area contributed by atoms with Crippen molar-refractivity contribution in [2.45, 2.75) is 63.1 Å². The molecule has 2 aromatic carbocycles. The monoisotopic (exact) mass is 604 g/mol. The Morgan fingerprint density at radius 1 is 0.975 bits per heavy atom. The molecule has 0 atom stereocenters. The Hall–Kier alpha value is -3.18. The van der Waals surface area contributed by atoms with E-state index < -0.39 is 21.8 Å². The lowest BCUT2D eigenvalue weighted by molar-refractivity contribution is -0.139. The molecule has 3 aromatic rings. The van der Waals surface area contributed by atoms with Crippen molar-refractivity contribution in [1.82, 2.24) is 15.0 Å². The fourth-order valence-corrected chi connectivity index (χ4v) is 6.07. The second kappa shape index (κ2) is 13.5. The number of hydrazone groups is 1. The van der Waals surface area contributed by atoms with Crippen LogP contribution in [0.4, 0.5) is 0 Å². The number of carbonyl (C=O) groups excluding carboxylic acids is 2. The van der Waals surface area contributed by atoms with Gasteiger partial charge in [0.15, 0.2) is 0 Å². The highest BCUT2D eigenvalue weighted by atomic mass is 35.5. The number of hydrogen-bond donors (Lipinski definition) is 2. The number of halogens is 2. The molecule has 1 aromatic heterocycles. The van der Waals surface area contributed by atoms with Crippen LogP contribution < -0.4 is 10.7 Å². The second-order valence-corrected chi connectivity index (χ2v) is 12.4. The first-order valence-electron chi connectivity index (χ1n) is 12.8. The summed E-state index contributed by atoms with van der Waals surface area (Å²) in [6, 6.07) is 14.7. The van der Waals surface area contributed by atoms with Gasteiger partial charge in [0.2, 0.25) is 10.0 Å². The second-order valence-electron chi connectivity index (χ2n) is 9.65. The SMILES string of the molecule is Cc1ccc(S(=O)(=O)N(Cc2ccc(Cl)c(Cl)c2)Cc2ccc(/C=N/NC(=O)C(=O)NC3CCCCC3)o2)cc1. The maximum atomic E-state index is 13.6. The summed E-state index contributed by atoms with van der Waals surface area (Å²) in [5, 5.41) is 7.21. The summed E-state index contributed by atoms with van der Waals surface area (Å²) >= 11 is 12.2. The van der Waals surface area contributed by atoms with Crippen molar-refractivity contribution in [3.8, 4) is 0 Å². The van der Waals surface area contributed by atoms with Gasteiger partial charge in [-0.3, -0.25) is 9.59 Å². The van der Waals surface area contributed by atoms with Gasteiger partial charge in [-0.05, 0) is 61.7 Å². The number of amides is 2. The predicted octanol–water partition coefficient (Wildman–Crippen LogP) is 5.18. The number of nitrogens with one attached hydrogen (secondary N) is 2. The zero-order valence-corrected chi connectivity index (χ0v) is 24.2. The summed E-state index contributed by atoms with van der Waals surface area (Å²) in [6.45, 7) is 1.81. The summed E-state index contributed by atoms with van der Waals surface area (Å²) < 4.78 is 34.2. The van der Waals surface area contributed by atoms with Gasteiger partial charge in [0.1, 0.15) is 11.5 Å². The predicted molar refractivity (Wildman–Crippen MR) is 154 cm³/mol. The number of aryl methyl sites for hydroxylation is 1. The van der Waals surface area contributed by atoms with Crippen molar-refractivity contribution >= 4 is 51.3 Å². The van der Waals surface area contributed by atoms with E-state index in [0.717, 1.165) is 37.7 Å². The summed E-state index contributed by atoms with van der Waals surface area (Å²) in [5.41, 5.74) is 3.77. The third-order valence-electron chi connectivity index (χ3n) is 6.52. The molecule has 0 aliphatic heterocycles. The molecule has 12 heteroatoms. The molecule has 2 N–H and O–H groups in total. The minimum atomic E-state index is -3.92. The number of hydrogen-bond acceptors (Lipinski definition) is 6. The van der Waals surface area contributed by atoms with E-state index in [2.05, 4.69) is 15.8 Å². The van der Waals surface area contributed by atoms with Crippen molar-refractivity contribution in [3.05, 3.63) is 87.3 Å². The van der Waals surface area contributed by atoms with Crippen molar-refractivity contribution in [3.63, 3.8) is 0 Å². The van der Waals surface area contributed by atoms with E-state index in [1.807, 2.05) is 6.92 Å². The first-order chi connectivity index (χ1) is 19.1. The molecule has 1 aliphatic carbocycles. The molecule has 40 heavy (non-hydrogen) atoms. The third-order valence-corrected chi connectivity index (χ3v) is 9.07. The van der Waals surface area contributed by atoms with Crippen LogP contribution in [0.3, 0.4) is 0 Å². The van der Waals surface area contributed by atoms with Crippen LogP contribution in [0.2, 0.25) is 10.0 Å². The van der Waals surface area contributed by atoms with Crippen molar-refractivity contribution < 1.29 is 22.4 Å². The zero-order valence-electron chi connectivity index (χ0n) is 21.9. The average molecular weight is 606 g/mol. The third kappa shape index (κ3) is 7.94. The van der Waals surface area contributed by atoms with Gasteiger partial charge in [-0.1, -0.05) is 66.2 Å². The molecule has 0 unspecified atom stereocenters. The van der Waals surface area contributed by atoms with Gasteiger partial charge in [-0.2, -0.15) is 9.41 Å². The van der Waals surface area contributed by atoms with Crippen LogP contribution in [0.25, 0.3) is 0 Å². The zero-order chi connectivity index (χ0) is 28.7. The van der Waals surface area contributed by atoms with Crippen LogP contribution in [0.15, 0.2) is 69.0 Å². The molecule has 0 saturated heterocycles. The Labute approximate surface area is 243 Å². The molecule has 4 rings (SSSR count). The molecular weight excluding hydrogens is 575 g/mol. The molecule has 0 radical (unpaired) electrons. The van der Waals surface area contributed by atoms with E-state index in [4.69, 9.17) is 27.6 Å². The quantitative estimate of drug-likeness (QED) is 0.198. The molecule has 1 saturated carbocycles. The van der Waals surface area contributed by atoms with Crippen LogP contribution in [0.5, 0.6) is 0 Å². The molecule has 0 bridgehead atoms.